The van der Waals surface area contributed by atoms with E-state index >= 15 is 0 Å². The molecule has 1 saturated heterocycles. The van der Waals surface area contributed by atoms with Crippen molar-refractivity contribution in [2.45, 2.75) is 44.7 Å². The Morgan fingerprint density at radius 2 is 2.25 bits per heavy atom. The Morgan fingerprint density at radius 1 is 1.56 bits per heavy atom. The lowest BCUT2D eigenvalue weighted by atomic mass is 10.1. The summed E-state index contributed by atoms with van der Waals surface area (Å²) in [6, 6.07) is -0.268. The number of carbonyl (C=O) groups excluding carboxylic acids is 1. The average Bonchev–Trinajstić information content (AvgIpc) is 2.64. The summed E-state index contributed by atoms with van der Waals surface area (Å²) in [6.07, 6.45) is 2.55. The molecule has 92 valence electrons. The summed E-state index contributed by atoms with van der Waals surface area (Å²) in [5.41, 5.74) is 0. The van der Waals surface area contributed by atoms with Crippen LogP contribution < -0.4 is 0 Å². The van der Waals surface area contributed by atoms with Crippen LogP contribution >= 0.6 is 0 Å². The minimum atomic E-state index is -0.849. The molecule has 1 heterocycles. The zero-order valence-electron chi connectivity index (χ0n) is 9.81. The molecular formula is C11H19NO4. The van der Waals surface area contributed by atoms with Crippen LogP contribution in [0.1, 0.15) is 32.6 Å². The molecule has 5 nitrogen and oxygen atoms in total. The number of hydrogen-bond acceptors (Lipinski definition) is 4. The first-order valence-corrected chi connectivity index (χ1v) is 5.61. The zero-order valence-corrected chi connectivity index (χ0v) is 9.81. The van der Waals surface area contributed by atoms with Crippen LogP contribution in [-0.4, -0.2) is 47.7 Å². The highest BCUT2D eigenvalue weighted by Gasteiger charge is 2.32. The molecule has 16 heavy (non-hydrogen) atoms. The maximum atomic E-state index is 11.1. The molecule has 0 amide bonds. The molecular weight excluding hydrogens is 210 g/mol. The summed E-state index contributed by atoms with van der Waals surface area (Å²) >= 11 is 0. The van der Waals surface area contributed by atoms with Gasteiger partial charge in [-0.25, -0.2) is 0 Å². The lowest BCUT2D eigenvalue weighted by molar-refractivity contribution is -0.145. The molecule has 0 spiro atoms. The van der Waals surface area contributed by atoms with Gasteiger partial charge in [-0.3, -0.25) is 14.5 Å². The van der Waals surface area contributed by atoms with E-state index in [4.69, 9.17) is 5.11 Å². The maximum absolute atomic E-state index is 11.1. The van der Waals surface area contributed by atoms with E-state index in [0.717, 1.165) is 19.4 Å². The Morgan fingerprint density at radius 3 is 2.69 bits per heavy atom. The summed E-state index contributed by atoms with van der Waals surface area (Å²) in [4.78, 5) is 24.1. The molecule has 0 bridgehead atoms. The molecule has 1 fully saturated rings. The lowest BCUT2D eigenvalue weighted by Crippen LogP contribution is -2.43. The Balaban J connectivity index is 2.54. The van der Waals surface area contributed by atoms with Gasteiger partial charge in [0.2, 0.25) is 0 Å². The predicted molar refractivity (Wildman–Crippen MR) is 58.1 cm³/mol. The molecule has 0 aromatic rings. The van der Waals surface area contributed by atoms with Crippen molar-refractivity contribution in [3.63, 3.8) is 0 Å². The largest absolute Gasteiger partial charge is 0.480 e. The van der Waals surface area contributed by atoms with Gasteiger partial charge in [0.05, 0.1) is 7.11 Å². The number of methoxy groups -OCH3 is 1. The number of ether oxygens (including phenoxy) is 1. The Labute approximate surface area is 95.4 Å². The number of carbonyl (C=O) groups is 2. The Hall–Kier alpha value is -1.10. The summed E-state index contributed by atoms with van der Waals surface area (Å²) in [6.45, 7) is 2.83. The quantitative estimate of drug-likeness (QED) is 0.709. The van der Waals surface area contributed by atoms with E-state index in [1.54, 1.807) is 0 Å². The second-order valence-corrected chi connectivity index (χ2v) is 4.20. The van der Waals surface area contributed by atoms with Crippen LogP contribution in [0.2, 0.25) is 0 Å². The van der Waals surface area contributed by atoms with Crippen LogP contribution in [0.15, 0.2) is 0 Å². The number of rotatable bonds is 5. The smallest absolute Gasteiger partial charge is 0.320 e. The summed E-state index contributed by atoms with van der Waals surface area (Å²) in [5.74, 6) is -1.20. The first-order chi connectivity index (χ1) is 7.56. The van der Waals surface area contributed by atoms with E-state index in [1.807, 2.05) is 11.8 Å². The van der Waals surface area contributed by atoms with Crippen LogP contribution in [0.4, 0.5) is 0 Å². The van der Waals surface area contributed by atoms with E-state index in [1.165, 1.54) is 7.11 Å². The van der Waals surface area contributed by atoms with Crippen molar-refractivity contribution in [3.05, 3.63) is 0 Å². The standard InChI is InChI=1S/C11H19NO4/c1-8-4-3-7-12(8)9(11(14)15)5-6-10(13)16-2/h8-9H,3-7H2,1-2H3,(H,14,15). The van der Waals surface area contributed by atoms with Gasteiger partial charge in [-0.05, 0) is 32.7 Å². The number of carboxylic acid groups (broad SMARTS) is 1. The van der Waals surface area contributed by atoms with Gasteiger partial charge in [0.15, 0.2) is 0 Å². The molecule has 0 radical (unpaired) electrons. The maximum Gasteiger partial charge on any atom is 0.320 e. The molecule has 0 saturated carbocycles. The van der Waals surface area contributed by atoms with Crippen LogP contribution in [-0.2, 0) is 14.3 Å². The normalized spacial score (nSPS) is 23.0. The van der Waals surface area contributed by atoms with Crippen molar-refractivity contribution < 1.29 is 19.4 Å². The molecule has 5 heteroatoms. The second kappa shape index (κ2) is 5.84. The average molecular weight is 229 g/mol. The third-order valence-corrected chi connectivity index (χ3v) is 3.14. The van der Waals surface area contributed by atoms with Crippen molar-refractivity contribution in [2.24, 2.45) is 0 Å². The van der Waals surface area contributed by atoms with Gasteiger partial charge in [-0.1, -0.05) is 0 Å². The molecule has 1 aliphatic rings. The fourth-order valence-electron chi connectivity index (χ4n) is 2.21. The highest BCUT2D eigenvalue weighted by molar-refractivity contribution is 5.75. The number of hydrogen-bond donors (Lipinski definition) is 1. The molecule has 0 aromatic carbocycles. The number of nitrogens with zero attached hydrogens (tertiary/aromatic N) is 1. The van der Waals surface area contributed by atoms with Gasteiger partial charge in [0, 0.05) is 12.5 Å². The van der Waals surface area contributed by atoms with Gasteiger partial charge in [0.25, 0.3) is 0 Å². The lowest BCUT2D eigenvalue weighted by Gasteiger charge is -2.27. The van der Waals surface area contributed by atoms with Crippen molar-refractivity contribution in [3.8, 4) is 0 Å². The van der Waals surface area contributed by atoms with Crippen molar-refractivity contribution in [1.82, 2.24) is 4.90 Å². The van der Waals surface area contributed by atoms with Crippen molar-refractivity contribution >= 4 is 11.9 Å². The van der Waals surface area contributed by atoms with Gasteiger partial charge in [-0.15, -0.1) is 0 Å². The topological polar surface area (TPSA) is 66.8 Å². The number of likely N-dealkylation sites (tertiary alicyclic amines) is 1. The highest BCUT2D eigenvalue weighted by Crippen LogP contribution is 2.22. The minimum Gasteiger partial charge on any atom is -0.480 e. The molecule has 1 N–H and O–H groups in total. The molecule has 1 aliphatic heterocycles. The fraction of sp³-hybridized carbons (Fsp3) is 0.818. The van der Waals surface area contributed by atoms with Crippen molar-refractivity contribution in [1.29, 1.82) is 0 Å². The Kier molecular flexibility index (Phi) is 4.73. The summed E-state index contributed by atoms with van der Waals surface area (Å²) in [5, 5.41) is 9.14. The fourth-order valence-corrected chi connectivity index (χ4v) is 2.21. The van der Waals surface area contributed by atoms with E-state index in [2.05, 4.69) is 4.74 Å². The minimum absolute atomic E-state index is 0.163. The van der Waals surface area contributed by atoms with Gasteiger partial charge in [-0.2, -0.15) is 0 Å². The van der Waals surface area contributed by atoms with E-state index in [-0.39, 0.29) is 12.4 Å². The summed E-state index contributed by atoms with van der Waals surface area (Å²) < 4.78 is 4.52. The van der Waals surface area contributed by atoms with Crippen LogP contribution in [0.5, 0.6) is 0 Å². The van der Waals surface area contributed by atoms with Crippen LogP contribution in [0, 0.1) is 0 Å². The first-order valence-electron chi connectivity index (χ1n) is 5.61. The van der Waals surface area contributed by atoms with Crippen LogP contribution in [0.3, 0.4) is 0 Å². The highest BCUT2D eigenvalue weighted by atomic mass is 16.5. The molecule has 0 aliphatic carbocycles. The van der Waals surface area contributed by atoms with E-state index < -0.39 is 12.0 Å². The van der Waals surface area contributed by atoms with E-state index in [9.17, 15) is 9.59 Å². The zero-order chi connectivity index (χ0) is 12.1. The van der Waals surface area contributed by atoms with Gasteiger partial charge in [0.1, 0.15) is 6.04 Å². The third kappa shape index (κ3) is 3.20. The molecule has 2 atom stereocenters. The summed E-state index contributed by atoms with van der Waals surface area (Å²) in [7, 11) is 1.32. The second-order valence-electron chi connectivity index (χ2n) is 4.20. The number of aliphatic carboxylic acids is 1. The molecule has 1 rings (SSSR count). The SMILES string of the molecule is COC(=O)CCC(C(=O)O)N1CCCC1C. The molecule has 2 unspecified atom stereocenters. The predicted octanol–water partition coefficient (Wildman–Crippen LogP) is 0.877. The van der Waals surface area contributed by atoms with Gasteiger partial charge < -0.3 is 9.84 Å². The third-order valence-electron chi connectivity index (χ3n) is 3.14. The first kappa shape index (κ1) is 13.0. The van der Waals surface area contributed by atoms with Crippen molar-refractivity contribution in [2.75, 3.05) is 13.7 Å². The van der Waals surface area contributed by atoms with Gasteiger partial charge >= 0.3 is 11.9 Å². The van der Waals surface area contributed by atoms with E-state index in [0.29, 0.717) is 12.5 Å². The molecule has 0 aromatic heterocycles. The Bertz CT molecular complexity index is 267. The number of esters is 1. The monoisotopic (exact) mass is 229 g/mol. The van der Waals surface area contributed by atoms with Crippen LogP contribution in [0.25, 0.3) is 0 Å². The number of carboxylic acids is 1.